The van der Waals surface area contributed by atoms with Crippen LogP contribution in [0.15, 0.2) is 0 Å². The minimum absolute atomic E-state index is 0.130. The number of rotatable bonds is 6. The summed E-state index contributed by atoms with van der Waals surface area (Å²) in [5.74, 6) is 0. The Balaban J connectivity index is 3.49. The molecule has 2 atom stereocenters. The molecule has 0 saturated heterocycles. The molecule has 0 saturated carbocycles. The number of hydrogen-bond donors (Lipinski definition) is 0. The Morgan fingerprint density at radius 3 is 2.18 bits per heavy atom. The van der Waals surface area contributed by atoms with Crippen LogP contribution < -0.4 is 0 Å². The Hall–Kier alpha value is -0.120. The molecule has 11 heavy (non-hydrogen) atoms. The van der Waals surface area contributed by atoms with E-state index in [1.165, 1.54) is 0 Å². The molecule has 0 fully saturated rings. The minimum atomic E-state index is -0.130. The Labute approximate surface area is 68.6 Å². The van der Waals surface area contributed by atoms with Gasteiger partial charge in [-0.25, -0.2) is 0 Å². The van der Waals surface area contributed by atoms with Crippen molar-refractivity contribution in [2.45, 2.75) is 32.7 Å². The fourth-order valence-corrected chi connectivity index (χ4v) is 0.785. The van der Waals surface area contributed by atoms with Crippen molar-refractivity contribution in [2.75, 3.05) is 20.8 Å². The van der Waals surface area contributed by atoms with Crippen LogP contribution in [-0.2, 0) is 14.2 Å². The standard InChI is InChI=1S/C8H18O3/c1-5-11-8(10-4)6-7(2)9-3/h7-8H,5-6H2,1-4H3. The first-order chi connectivity index (χ1) is 5.24. The van der Waals surface area contributed by atoms with Crippen LogP contribution in [-0.4, -0.2) is 33.2 Å². The molecule has 0 N–H and O–H groups in total. The predicted octanol–water partition coefficient (Wildman–Crippen LogP) is 1.42. The second kappa shape index (κ2) is 6.58. The van der Waals surface area contributed by atoms with E-state index in [4.69, 9.17) is 14.2 Å². The van der Waals surface area contributed by atoms with Crippen LogP contribution in [0.3, 0.4) is 0 Å². The van der Waals surface area contributed by atoms with Gasteiger partial charge in [0.2, 0.25) is 0 Å². The summed E-state index contributed by atoms with van der Waals surface area (Å²) in [5.41, 5.74) is 0. The maximum atomic E-state index is 5.26. The van der Waals surface area contributed by atoms with Crippen LogP contribution in [0.1, 0.15) is 20.3 Å². The van der Waals surface area contributed by atoms with E-state index in [1.807, 2.05) is 13.8 Å². The summed E-state index contributed by atoms with van der Waals surface area (Å²) in [4.78, 5) is 0. The third-order valence-electron chi connectivity index (χ3n) is 1.54. The first kappa shape index (κ1) is 10.9. The molecule has 0 aliphatic carbocycles. The van der Waals surface area contributed by atoms with Gasteiger partial charge < -0.3 is 14.2 Å². The molecule has 0 aliphatic rings. The van der Waals surface area contributed by atoms with Crippen molar-refractivity contribution in [3.8, 4) is 0 Å². The van der Waals surface area contributed by atoms with Crippen LogP contribution in [0.2, 0.25) is 0 Å². The van der Waals surface area contributed by atoms with Gasteiger partial charge in [0.25, 0.3) is 0 Å². The molecule has 0 aliphatic heterocycles. The molecule has 0 aromatic heterocycles. The second-order valence-electron chi connectivity index (χ2n) is 2.40. The summed E-state index contributed by atoms with van der Waals surface area (Å²) < 4.78 is 15.4. The van der Waals surface area contributed by atoms with Crippen LogP contribution in [0, 0.1) is 0 Å². The smallest absolute Gasteiger partial charge is 0.159 e. The normalized spacial score (nSPS) is 16.4. The molecule has 0 aromatic rings. The van der Waals surface area contributed by atoms with Gasteiger partial charge in [0, 0.05) is 27.2 Å². The Kier molecular flexibility index (Phi) is 6.51. The van der Waals surface area contributed by atoms with Gasteiger partial charge in [-0.05, 0) is 13.8 Å². The molecular weight excluding hydrogens is 144 g/mol. The average molecular weight is 162 g/mol. The van der Waals surface area contributed by atoms with Crippen LogP contribution in [0.5, 0.6) is 0 Å². The minimum Gasteiger partial charge on any atom is -0.382 e. The van der Waals surface area contributed by atoms with Gasteiger partial charge in [-0.2, -0.15) is 0 Å². The lowest BCUT2D eigenvalue weighted by atomic mass is 10.3. The van der Waals surface area contributed by atoms with Gasteiger partial charge in [0.1, 0.15) is 0 Å². The highest BCUT2D eigenvalue weighted by Crippen LogP contribution is 2.05. The highest BCUT2D eigenvalue weighted by Gasteiger charge is 2.10. The molecule has 3 nitrogen and oxygen atoms in total. The summed E-state index contributed by atoms with van der Waals surface area (Å²) in [6, 6.07) is 0. The number of hydrogen-bond acceptors (Lipinski definition) is 3. The molecule has 0 aromatic carbocycles. The Morgan fingerprint density at radius 1 is 1.18 bits per heavy atom. The first-order valence-corrected chi connectivity index (χ1v) is 3.91. The Bertz CT molecular complexity index is 85.4. The Morgan fingerprint density at radius 2 is 1.82 bits per heavy atom. The maximum absolute atomic E-state index is 5.26. The van der Waals surface area contributed by atoms with Gasteiger partial charge in [-0.3, -0.25) is 0 Å². The highest BCUT2D eigenvalue weighted by atomic mass is 16.7. The van der Waals surface area contributed by atoms with Gasteiger partial charge >= 0.3 is 0 Å². The van der Waals surface area contributed by atoms with Crippen molar-refractivity contribution in [1.82, 2.24) is 0 Å². The maximum Gasteiger partial charge on any atom is 0.159 e. The van der Waals surface area contributed by atoms with E-state index >= 15 is 0 Å². The first-order valence-electron chi connectivity index (χ1n) is 3.91. The second-order valence-corrected chi connectivity index (χ2v) is 2.40. The molecule has 3 heteroatoms. The molecular formula is C8H18O3. The summed E-state index contributed by atoms with van der Waals surface area (Å²) in [5, 5.41) is 0. The molecule has 68 valence electrons. The summed E-state index contributed by atoms with van der Waals surface area (Å²) in [7, 11) is 3.33. The summed E-state index contributed by atoms with van der Waals surface area (Å²) in [6.07, 6.45) is 0.836. The molecule has 0 spiro atoms. The molecule has 0 amide bonds. The van der Waals surface area contributed by atoms with E-state index in [0.29, 0.717) is 6.61 Å². The summed E-state index contributed by atoms with van der Waals surface area (Å²) >= 11 is 0. The van der Waals surface area contributed by atoms with Crippen molar-refractivity contribution in [1.29, 1.82) is 0 Å². The van der Waals surface area contributed by atoms with Gasteiger partial charge in [-0.1, -0.05) is 0 Å². The van der Waals surface area contributed by atoms with Crippen molar-refractivity contribution >= 4 is 0 Å². The van der Waals surface area contributed by atoms with Gasteiger partial charge in [0.15, 0.2) is 6.29 Å². The van der Waals surface area contributed by atoms with Crippen molar-refractivity contribution in [3.05, 3.63) is 0 Å². The van der Waals surface area contributed by atoms with E-state index in [9.17, 15) is 0 Å². The van der Waals surface area contributed by atoms with E-state index in [-0.39, 0.29) is 12.4 Å². The summed E-state index contributed by atoms with van der Waals surface area (Å²) in [6.45, 7) is 4.61. The largest absolute Gasteiger partial charge is 0.382 e. The predicted molar refractivity (Wildman–Crippen MR) is 43.5 cm³/mol. The lowest BCUT2D eigenvalue weighted by Crippen LogP contribution is -2.21. The van der Waals surface area contributed by atoms with Crippen molar-refractivity contribution in [2.24, 2.45) is 0 Å². The zero-order valence-corrected chi connectivity index (χ0v) is 7.79. The zero-order valence-electron chi connectivity index (χ0n) is 7.79. The topological polar surface area (TPSA) is 27.7 Å². The fourth-order valence-electron chi connectivity index (χ4n) is 0.785. The zero-order chi connectivity index (χ0) is 8.69. The van der Waals surface area contributed by atoms with Crippen LogP contribution >= 0.6 is 0 Å². The van der Waals surface area contributed by atoms with Crippen LogP contribution in [0.4, 0.5) is 0 Å². The molecule has 0 rings (SSSR count). The van der Waals surface area contributed by atoms with E-state index in [1.54, 1.807) is 14.2 Å². The van der Waals surface area contributed by atoms with E-state index < -0.39 is 0 Å². The van der Waals surface area contributed by atoms with E-state index in [0.717, 1.165) is 6.42 Å². The quantitative estimate of drug-likeness (QED) is 0.553. The lowest BCUT2D eigenvalue weighted by molar-refractivity contribution is -0.139. The fraction of sp³-hybridized carbons (Fsp3) is 1.00. The van der Waals surface area contributed by atoms with Gasteiger partial charge in [0.05, 0.1) is 6.10 Å². The molecule has 2 unspecified atom stereocenters. The van der Waals surface area contributed by atoms with Crippen molar-refractivity contribution in [3.63, 3.8) is 0 Å². The number of ether oxygens (including phenoxy) is 3. The molecule has 0 heterocycles. The monoisotopic (exact) mass is 162 g/mol. The third kappa shape index (κ3) is 5.18. The SMILES string of the molecule is CCOC(CC(C)OC)OC. The molecule has 0 bridgehead atoms. The third-order valence-corrected chi connectivity index (χ3v) is 1.54. The highest BCUT2D eigenvalue weighted by molar-refractivity contribution is 4.52. The van der Waals surface area contributed by atoms with Gasteiger partial charge in [-0.15, -0.1) is 0 Å². The van der Waals surface area contributed by atoms with E-state index in [2.05, 4.69) is 0 Å². The van der Waals surface area contributed by atoms with Crippen molar-refractivity contribution < 1.29 is 14.2 Å². The molecule has 0 radical (unpaired) electrons. The average Bonchev–Trinajstić information content (AvgIpc) is 2.03. The number of methoxy groups -OCH3 is 2. The van der Waals surface area contributed by atoms with Crippen LogP contribution in [0.25, 0.3) is 0 Å². The lowest BCUT2D eigenvalue weighted by Gasteiger charge is -2.18.